The van der Waals surface area contributed by atoms with Gasteiger partial charge in [0.2, 0.25) is 11.0 Å². The van der Waals surface area contributed by atoms with Crippen molar-refractivity contribution in [3.05, 3.63) is 60.7 Å². The molecule has 160 valence electrons. The van der Waals surface area contributed by atoms with Gasteiger partial charge in [-0.25, -0.2) is 4.79 Å². The predicted octanol–water partition coefficient (Wildman–Crippen LogP) is 3.75. The van der Waals surface area contributed by atoms with E-state index in [1.165, 1.54) is 23.1 Å². The van der Waals surface area contributed by atoms with Gasteiger partial charge in [-0.15, -0.1) is 10.2 Å². The molecule has 3 aromatic rings. The monoisotopic (exact) mass is 454 g/mol. The normalized spacial score (nSPS) is 13.7. The van der Waals surface area contributed by atoms with E-state index >= 15 is 0 Å². The smallest absolute Gasteiger partial charge is 0.321 e. The van der Waals surface area contributed by atoms with Crippen LogP contribution in [0.25, 0.3) is 0 Å². The van der Waals surface area contributed by atoms with Crippen LogP contribution >= 0.6 is 23.1 Å². The Morgan fingerprint density at radius 1 is 0.871 bits per heavy atom. The number of para-hydroxylation sites is 2. The molecule has 2 heterocycles. The SMILES string of the molecule is O=C(CSc1nnc(Nc2ccccc2)s1)N1CCN(C(=O)Nc2ccccc2)CC1. The van der Waals surface area contributed by atoms with Gasteiger partial charge in [0.1, 0.15) is 0 Å². The Morgan fingerprint density at radius 3 is 2.16 bits per heavy atom. The van der Waals surface area contributed by atoms with Gasteiger partial charge in [0.05, 0.1) is 5.75 Å². The molecule has 31 heavy (non-hydrogen) atoms. The van der Waals surface area contributed by atoms with Gasteiger partial charge in [-0.1, -0.05) is 59.5 Å². The summed E-state index contributed by atoms with van der Waals surface area (Å²) in [7, 11) is 0. The van der Waals surface area contributed by atoms with E-state index in [1.807, 2.05) is 60.7 Å². The van der Waals surface area contributed by atoms with E-state index in [0.717, 1.165) is 15.7 Å². The van der Waals surface area contributed by atoms with Crippen molar-refractivity contribution in [1.82, 2.24) is 20.0 Å². The van der Waals surface area contributed by atoms with E-state index < -0.39 is 0 Å². The molecular weight excluding hydrogens is 432 g/mol. The van der Waals surface area contributed by atoms with Gasteiger partial charge in [-0.05, 0) is 24.3 Å². The maximum absolute atomic E-state index is 12.6. The van der Waals surface area contributed by atoms with Crippen LogP contribution in [0.1, 0.15) is 0 Å². The van der Waals surface area contributed by atoms with Crippen LogP contribution in [0, 0.1) is 0 Å². The van der Waals surface area contributed by atoms with Crippen molar-refractivity contribution >= 4 is 51.5 Å². The molecule has 1 aliphatic rings. The number of amides is 3. The molecule has 0 radical (unpaired) electrons. The Balaban J connectivity index is 1.20. The van der Waals surface area contributed by atoms with Gasteiger partial charge in [-0.3, -0.25) is 4.79 Å². The van der Waals surface area contributed by atoms with Crippen LogP contribution in [0.3, 0.4) is 0 Å². The molecule has 0 aliphatic carbocycles. The molecule has 0 atom stereocenters. The second-order valence-corrected chi connectivity index (χ2v) is 9.02. The number of hydrogen-bond acceptors (Lipinski definition) is 7. The summed E-state index contributed by atoms with van der Waals surface area (Å²) in [5.74, 6) is 0.344. The summed E-state index contributed by atoms with van der Waals surface area (Å²) in [5, 5.41) is 15.0. The first-order valence-electron chi connectivity index (χ1n) is 9.84. The molecule has 4 rings (SSSR count). The first-order valence-corrected chi connectivity index (χ1v) is 11.6. The van der Waals surface area contributed by atoms with Gasteiger partial charge in [0, 0.05) is 37.6 Å². The first-order chi connectivity index (χ1) is 15.2. The number of thioether (sulfide) groups is 1. The lowest BCUT2D eigenvalue weighted by atomic mass is 10.3. The van der Waals surface area contributed by atoms with Crippen molar-refractivity contribution in [1.29, 1.82) is 0 Å². The van der Waals surface area contributed by atoms with E-state index in [4.69, 9.17) is 0 Å². The van der Waals surface area contributed by atoms with E-state index in [0.29, 0.717) is 37.1 Å². The van der Waals surface area contributed by atoms with Gasteiger partial charge in [0.15, 0.2) is 4.34 Å². The Hall–Kier alpha value is -3.11. The lowest BCUT2D eigenvalue weighted by Gasteiger charge is -2.34. The highest BCUT2D eigenvalue weighted by atomic mass is 32.2. The number of rotatable bonds is 6. The van der Waals surface area contributed by atoms with Gasteiger partial charge >= 0.3 is 6.03 Å². The lowest BCUT2D eigenvalue weighted by molar-refractivity contribution is -0.129. The van der Waals surface area contributed by atoms with Crippen molar-refractivity contribution in [3.63, 3.8) is 0 Å². The Labute approximate surface area is 188 Å². The molecule has 2 aromatic carbocycles. The number of anilines is 3. The fourth-order valence-corrected chi connectivity index (χ4v) is 4.74. The van der Waals surface area contributed by atoms with E-state index in [9.17, 15) is 9.59 Å². The van der Waals surface area contributed by atoms with Crippen LogP contribution in [-0.4, -0.2) is 63.9 Å². The van der Waals surface area contributed by atoms with Crippen LogP contribution in [0.4, 0.5) is 21.3 Å². The minimum Gasteiger partial charge on any atom is -0.338 e. The molecule has 0 spiro atoms. The van der Waals surface area contributed by atoms with Crippen LogP contribution in [0.2, 0.25) is 0 Å². The van der Waals surface area contributed by atoms with E-state index in [-0.39, 0.29) is 11.9 Å². The molecule has 1 aliphatic heterocycles. The molecule has 2 N–H and O–H groups in total. The van der Waals surface area contributed by atoms with Crippen molar-refractivity contribution < 1.29 is 9.59 Å². The Morgan fingerprint density at radius 2 is 1.48 bits per heavy atom. The molecule has 3 amide bonds. The maximum atomic E-state index is 12.6. The standard InChI is InChI=1S/C21H22N6O2S2/c28-18(15-30-21-25-24-19(31-21)22-16-7-3-1-4-8-16)26-11-13-27(14-12-26)20(29)23-17-9-5-2-6-10-17/h1-10H,11-15H2,(H,22,24)(H,23,29). The Bertz CT molecular complexity index is 1010. The molecule has 0 saturated carbocycles. The van der Waals surface area contributed by atoms with Crippen molar-refractivity contribution in [2.75, 3.05) is 42.6 Å². The highest BCUT2D eigenvalue weighted by molar-refractivity contribution is 8.01. The molecule has 0 bridgehead atoms. The zero-order valence-electron chi connectivity index (χ0n) is 16.7. The topological polar surface area (TPSA) is 90.5 Å². The fourth-order valence-electron chi connectivity index (χ4n) is 3.06. The highest BCUT2D eigenvalue weighted by Gasteiger charge is 2.24. The van der Waals surface area contributed by atoms with Crippen LogP contribution < -0.4 is 10.6 Å². The molecule has 1 saturated heterocycles. The molecule has 1 aromatic heterocycles. The number of nitrogens with one attached hydrogen (secondary N) is 2. The van der Waals surface area contributed by atoms with Crippen molar-refractivity contribution in [2.24, 2.45) is 0 Å². The average molecular weight is 455 g/mol. The third-order valence-electron chi connectivity index (χ3n) is 4.70. The number of aromatic nitrogens is 2. The number of piperazine rings is 1. The van der Waals surface area contributed by atoms with Gasteiger partial charge in [-0.2, -0.15) is 0 Å². The summed E-state index contributed by atoms with van der Waals surface area (Å²) < 4.78 is 0.743. The minimum atomic E-state index is -0.139. The number of hydrogen-bond donors (Lipinski definition) is 2. The zero-order chi connectivity index (χ0) is 21.5. The summed E-state index contributed by atoms with van der Waals surface area (Å²) in [5.41, 5.74) is 1.71. The van der Waals surface area contributed by atoms with Crippen LogP contribution in [-0.2, 0) is 4.79 Å². The molecule has 1 fully saturated rings. The average Bonchev–Trinajstić information content (AvgIpc) is 3.26. The predicted molar refractivity (Wildman–Crippen MR) is 124 cm³/mol. The second-order valence-electron chi connectivity index (χ2n) is 6.82. The van der Waals surface area contributed by atoms with E-state index in [2.05, 4.69) is 20.8 Å². The summed E-state index contributed by atoms with van der Waals surface area (Å²) in [6.07, 6.45) is 0. The van der Waals surface area contributed by atoms with Crippen LogP contribution in [0.5, 0.6) is 0 Å². The number of carbonyl (C=O) groups is 2. The number of nitrogens with zero attached hydrogens (tertiary/aromatic N) is 4. The van der Waals surface area contributed by atoms with Gasteiger partial charge < -0.3 is 20.4 Å². The summed E-state index contributed by atoms with van der Waals surface area (Å²) in [6.45, 7) is 2.08. The lowest BCUT2D eigenvalue weighted by Crippen LogP contribution is -2.52. The summed E-state index contributed by atoms with van der Waals surface area (Å²) >= 11 is 2.80. The van der Waals surface area contributed by atoms with Gasteiger partial charge in [0.25, 0.3) is 0 Å². The fraction of sp³-hybridized carbons (Fsp3) is 0.238. The molecule has 10 heteroatoms. The summed E-state index contributed by atoms with van der Waals surface area (Å²) in [4.78, 5) is 28.5. The first kappa shape index (κ1) is 21.1. The summed E-state index contributed by atoms with van der Waals surface area (Å²) in [6, 6.07) is 19.0. The quantitative estimate of drug-likeness (QED) is 0.552. The van der Waals surface area contributed by atoms with Crippen molar-refractivity contribution in [2.45, 2.75) is 4.34 Å². The largest absolute Gasteiger partial charge is 0.338 e. The number of carbonyl (C=O) groups excluding carboxylic acids is 2. The maximum Gasteiger partial charge on any atom is 0.321 e. The highest BCUT2D eigenvalue weighted by Crippen LogP contribution is 2.27. The molecule has 0 unspecified atom stereocenters. The third kappa shape index (κ3) is 5.96. The third-order valence-corrected chi connectivity index (χ3v) is 6.65. The second kappa shape index (κ2) is 10.3. The number of benzene rings is 2. The zero-order valence-corrected chi connectivity index (χ0v) is 18.4. The minimum absolute atomic E-state index is 0.0425. The molecule has 8 nitrogen and oxygen atoms in total. The number of urea groups is 1. The van der Waals surface area contributed by atoms with Crippen LogP contribution in [0.15, 0.2) is 65.0 Å². The van der Waals surface area contributed by atoms with E-state index in [1.54, 1.807) is 9.80 Å². The van der Waals surface area contributed by atoms with Crippen molar-refractivity contribution in [3.8, 4) is 0 Å². The Kier molecular flexibility index (Phi) is 7.00. The molecular formula is C21H22N6O2S2.